The Bertz CT molecular complexity index is 721. The number of hydrogen-bond donors (Lipinski definition) is 2. The van der Waals surface area contributed by atoms with Crippen LogP contribution in [0.5, 0.6) is 0 Å². The molecule has 0 radical (unpaired) electrons. The van der Waals surface area contributed by atoms with Crippen LogP contribution >= 0.6 is 0 Å². The van der Waals surface area contributed by atoms with E-state index in [-0.39, 0.29) is 12.2 Å². The van der Waals surface area contributed by atoms with Crippen molar-refractivity contribution in [1.29, 1.82) is 0 Å². The second-order valence-electron chi connectivity index (χ2n) is 5.27. The Morgan fingerprint density at radius 3 is 2.27 bits per heavy atom. The highest BCUT2D eigenvalue weighted by Gasteiger charge is 2.46. The highest BCUT2D eigenvalue weighted by molar-refractivity contribution is 7.85. The molecule has 1 aromatic rings. The number of nitrogens with one attached hydrogen (secondary N) is 1. The van der Waals surface area contributed by atoms with E-state index in [4.69, 9.17) is 4.55 Å². The summed E-state index contributed by atoms with van der Waals surface area (Å²) in [6.45, 7) is 1.31. The largest absolute Gasteiger partial charge is 0.464 e. The molecule has 0 fully saturated rings. The molecule has 1 aromatic carbocycles. The van der Waals surface area contributed by atoms with Crippen molar-refractivity contribution < 1.29 is 40.5 Å². The fourth-order valence-electron chi connectivity index (χ4n) is 2.15. The van der Waals surface area contributed by atoms with Crippen LogP contribution in [0.15, 0.2) is 30.3 Å². The van der Waals surface area contributed by atoms with Crippen molar-refractivity contribution in [3.63, 3.8) is 0 Å². The Hall–Kier alpha value is -2.14. The highest BCUT2D eigenvalue weighted by atomic mass is 32.2. The van der Waals surface area contributed by atoms with Gasteiger partial charge >= 0.3 is 12.1 Å². The lowest BCUT2D eigenvalue weighted by Gasteiger charge is -2.23. The summed E-state index contributed by atoms with van der Waals surface area (Å²) in [6, 6.07) is 4.68. The number of hydrogen-bond acceptors (Lipinski definition) is 5. The molecule has 0 bridgehead atoms. The Morgan fingerprint density at radius 2 is 1.81 bits per heavy atom. The van der Waals surface area contributed by atoms with Crippen LogP contribution in [0.4, 0.5) is 13.2 Å². The molecule has 1 amide bonds. The summed E-state index contributed by atoms with van der Waals surface area (Å²) in [7, 11) is -4.49. The molecule has 0 saturated carbocycles. The van der Waals surface area contributed by atoms with Gasteiger partial charge in [0.25, 0.3) is 10.1 Å². The average Bonchev–Trinajstić information content (AvgIpc) is 2.50. The maximum absolute atomic E-state index is 13.3. The minimum atomic E-state index is -4.94. The van der Waals surface area contributed by atoms with Gasteiger partial charge in [-0.2, -0.15) is 21.6 Å². The highest BCUT2D eigenvalue weighted by Crippen LogP contribution is 2.35. The summed E-state index contributed by atoms with van der Waals surface area (Å²) in [4.78, 5) is 24.0. The lowest BCUT2D eigenvalue weighted by Crippen LogP contribution is -2.47. The second kappa shape index (κ2) is 8.99. The van der Waals surface area contributed by atoms with Crippen molar-refractivity contribution in [2.75, 3.05) is 12.4 Å². The van der Waals surface area contributed by atoms with Crippen molar-refractivity contribution >= 4 is 22.0 Å². The molecule has 0 heterocycles. The maximum Gasteiger partial charge on any atom is 0.404 e. The molecular formula is C15H18F3NO6S. The second-order valence-corrected chi connectivity index (χ2v) is 6.85. The van der Waals surface area contributed by atoms with Gasteiger partial charge in [0, 0.05) is 0 Å². The lowest BCUT2D eigenvalue weighted by molar-refractivity contribution is -0.167. The molecule has 0 aliphatic carbocycles. The molecule has 0 saturated heterocycles. The lowest BCUT2D eigenvalue weighted by atomic mass is 9.97. The van der Waals surface area contributed by atoms with E-state index >= 15 is 0 Å². The Morgan fingerprint density at radius 1 is 1.23 bits per heavy atom. The first kappa shape index (κ1) is 21.9. The molecule has 0 spiro atoms. The smallest absolute Gasteiger partial charge is 0.404 e. The molecule has 2 atom stereocenters. The third-order valence-electron chi connectivity index (χ3n) is 3.27. The van der Waals surface area contributed by atoms with Gasteiger partial charge in [0.05, 0.1) is 12.4 Å². The minimum absolute atomic E-state index is 0.127. The monoisotopic (exact) mass is 397 g/mol. The van der Waals surface area contributed by atoms with Crippen molar-refractivity contribution in [3.05, 3.63) is 35.9 Å². The zero-order valence-corrected chi connectivity index (χ0v) is 14.5. The topological polar surface area (TPSA) is 110 Å². The van der Waals surface area contributed by atoms with Crippen LogP contribution in [-0.2, 0) is 24.4 Å². The first-order valence-corrected chi connectivity index (χ1v) is 9.10. The number of carbonyl (C=O) groups is 2. The van der Waals surface area contributed by atoms with Gasteiger partial charge in [-0.15, -0.1) is 0 Å². The fraction of sp³-hybridized carbons (Fsp3) is 0.467. The van der Waals surface area contributed by atoms with Crippen LogP contribution in [0.3, 0.4) is 0 Å². The molecule has 26 heavy (non-hydrogen) atoms. The summed E-state index contributed by atoms with van der Waals surface area (Å²) in [5.41, 5.74) is -0.338. The van der Waals surface area contributed by atoms with Crippen LogP contribution in [0.2, 0.25) is 0 Å². The van der Waals surface area contributed by atoms with Crippen LogP contribution < -0.4 is 5.32 Å². The third-order valence-corrected chi connectivity index (χ3v) is 4.03. The van der Waals surface area contributed by atoms with Crippen molar-refractivity contribution in [1.82, 2.24) is 5.32 Å². The summed E-state index contributed by atoms with van der Waals surface area (Å²) in [5.74, 6) is -6.11. The molecular weight excluding hydrogens is 379 g/mol. The van der Waals surface area contributed by atoms with E-state index in [1.165, 1.54) is 25.1 Å². The number of carbonyl (C=O) groups excluding carboxylic acids is 2. The zero-order chi connectivity index (χ0) is 20.0. The van der Waals surface area contributed by atoms with Gasteiger partial charge in [0.2, 0.25) is 5.91 Å². The Kier molecular flexibility index (Phi) is 7.57. The standard InChI is InChI=1S/C15H18F3NO6S/c1-2-25-14(21)11(8-9-26(22,23)24)19-13(20)12(15(16,17)18)10-6-4-3-5-7-10/h3-7,11-12H,2,8-9H2,1H3,(H,19,20)(H,22,23,24)/t11-,12?/m0/s1. The molecule has 7 nitrogen and oxygen atoms in total. The van der Waals surface area contributed by atoms with Gasteiger partial charge in [0.15, 0.2) is 5.92 Å². The summed E-state index contributed by atoms with van der Waals surface area (Å²) >= 11 is 0. The molecule has 1 unspecified atom stereocenters. The van der Waals surface area contributed by atoms with Crippen LogP contribution in [0.25, 0.3) is 0 Å². The van der Waals surface area contributed by atoms with E-state index in [9.17, 15) is 31.2 Å². The predicted octanol–water partition coefficient (Wildman–Crippen LogP) is 1.66. The van der Waals surface area contributed by atoms with E-state index in [2.05, 4.69) is 4.74 Å². The number of esters is 1. The van der Waals surface area contributed by atoms with Gasteiger partial charge < -0.3 is 10.1 Å². The number of alkyl halides is 3. The first-order chi connectivity index (χ1) is 12.0. The van der Waals surface area contributed by atoms with Crippen molar-refractivity contribution in [2.24, 2.45) is 0 Å². The minimum Gasteiger partial charge on any atom is -0.464 e. The molecule has 0 aromatic heterocycles. The molecule has 0 aliphatic heterocycles. The normalized spacial score (nSPS) is 14.3. The number of ether oxygens (including phenoxy) is 1. The molecule has 0 aliphatic rings. The number of halogens is 3. The number of amides is 1. The van der Waals surface area contributed by atoms with Gasteiger partial charge in [-0.3, -0.25) is 9.35 Å². The van der Waals surface area contributed by atoms with Gasteiger partial charge in [0.1, 0.15) is 6.04 Å². The van der Waals surface area contributed by atoms with E-state index in [0.29, 0.717) is 0 Å². The summed E-state index contributed by atoms with van der Waals surface area (Å²) < 4.78 is 75.0. The summed E-state index contributed by atoms with van der Waals surface area (Å²) in [5, 5.41) is 1.87. The van der Waals surface area contributed by atoms with Crippen LogP contribution in [0.1, 0.15) is 24.8 Å². The van der Waals surface area contributed by atoms with Crippen molar-refractivity contribution in [3.8, 4) is 0 Å². The predicted molar refractivity (Wildman–Crippen MR) is 84.8 cm³/mol. The third kappa shape index (κ3) is 7.00. The van der Waals surface area contributed by atoms with E-state index in [1.54, 1.807) is 0 Å². The van der Waals surface area contributed by atoms with Gasteiger partial charge in [-0.25, -0.2) is 4.79 Å². The number of benzene rings is 1. The van der Waals surface area contributed by atoms with Gasteiger partial charge in [-0.1, -0.05) is 30.3 Å². The average molecular weight is 397 g/mol. The van der Waals surface area contributed by atoms with Crippen LogP contribution in [-0.4, -0.2) is 49.4 Å². The Balaban J connectivity index is 3.05. The first-order valence-electron chi connectivity index (χ1n) is 7.49. The molecule has 11 heteroatoms. The summed E-state index contributed by atoms with van der Waals surface area (Å²) in [6.07, 6.45) is -5.57. The fourth-order valence-corrected chi connectivity index (χ4v) is 2.68. The van der Waals surface area contributed by atoms with Gasteiger partial charge in [-0.05, 0) is 18.9 Å². The quantitative estimate of drug-likeness (QED) is 0.510. The zero-order valence-electron chi connectivity index (χ0n) is 13.7. The van der Waals surface area contributed by atoms with Crippen molar-refractivity contribution in [2.45, 2.75) is 31.5 Å². The van der Waals surface area contributed by atoms with E-state index in [1.807, 2.05) is 5.32 Å². The maximum atomic E-state index is 13.3. The van der Waals surface area contributed by atoms with E-state index in [0.717, 1.165) is 12.1 Å². The molecule has 1 rings (SSSR count). The van der Waals surface area contributed by atoms with E-state index < -0.39 is 52.3 Å². The van der Waals surface area contributed by atoms with Crippen LogP contribution in [0, 0.1) is 0 Å². The number of rotatable bonds is 8. The molecule has 146 valence electrons. The SMILES string of the molecule is CCOC(=O)[C@H](CCS(=O)(=O)O)NC(=O)C(c1ccccc1)C(F)(F)F. The molecule has 2 N–H and O–H groups in total. The Labute approximate surface area is 148 Å².